The number of ether oxygens (including phenoxy) is 1. The first-order valence-electron chi connectivity index (χ1n) is 13.2. The molecule has 0 bridgehead atoms. The van der Waals surface area contributed by atoms with E-state index in [1.165, 1.54) is 5.56 Å². The first-order valence-corrected chi connectivity index (χ1v) is 13.2. The van der Waals surface area contributed by atoms with Crippen LogP contribution in [0.1, 0.15) is 48.9 Å². The van der Waals surface area contributed by atoms with Gasteiger partial charge in [0.05, 0.1) is 19.1 Å². The number of piperazine rings is 1. The highest BCUT2D eigenvalue weighted by Gasteiger charge is 2.44. The van der Waals surface area contributed by atoms with Gasteiger partial charge in [-0.1, -0.05) is 49.7 Å². The zero-order valence-corrected chi connectivity index (χ0v) is 21.9. The topological polar surface area (TPSA) is 65.1 Å². The molecule has 194 valence electrons. The number of nitrogens with one attached hydrogen (secondary N) is 1. The molecule has 4 rings (SSSR count). The van der Waals surface area contributed by atoms with E-state index in [4.69, 9.17) is 4.74 Å². The minimum absolute atomic E-state index is 0.0534. The highest BCUT2D eigenvalue weighted by molar-refractivity contribution is 5.90. The van der Waals surface area contributed by atoms with Crippen molar-refractivity contribution in [3.8, 4) is 5.75 Å². The molecular formula is C29H40N4O3. The molecule has 2 aromatic carbocycles. The highest BCUT2D eigenvalue weighted by atomic mass is 16.5. The van der Waals surface area contributed by atoms with Gasteiger partial charge in [0.2, 0.25) is 11.8 Å². The average molecular weight is 493 g/mol. The van der Waals surface area contributed by atoms with Crippen molar-refractivity contribution in [3.05, 3.63) is 65.2 Å². The molecule has 2 aromatic rings. The van der Waals surface area contributed by atoms with Gasteiger partial charge in [-0.3, -0.25) is 14.5 Å². The van der Waals surface area contributed by atoms with E-state index in [-0.39, 0.29) is 24.3 Å². The molecule has 2 unspecified atom stereocenters. The van der Waals surface area contributed by atoms with Crippen molar-refractivity contribution >= 4 is 11.8 Å². The van der Waals surface area contributed by atoms with Gasteiger partial charge in [-0.05, 0) is 42.3 Å². The summed E-state index contributed by atoms with van der Waals surface area (Å²) in [6.45, 7) is 8.62. The third-order valence-corrected chi connectivity index (χ3v) is 7.47. The van der Waals surface area contributed by atoms with Crippen LogP contribution < -0.4 is 10.1 Å². The van der Waals surface area contributed by atoms with E-state index < -0.39 is 5.92 Å². The van der Waals surface area contributed by atoms with Gasteiger partial charge in [-0.15, -0.1) is 0 Å². The minimum Gasteiger partial charge on any atom is -0.497 e. The molecule has 2 fully saturated rings. The van der Waals surface area contributed by atoms with E-state index in [1.807, 2.05) is 29.2 Å². The number of nitrogens with zero attached hydrogens (tertiary/aromatic N) is 3. The van der Waals surface area contributed by atoms with Gasteiger partial charge in [-0.2, -0.15) is 0 Å². The first-order chi connectivity index (χ1) is 17.5. The van der Waals surface area contributed by atoms with Crippen LogP contribution in [-0.4, -0.2) is 73.4 Å². The van der Waals surface area contributed by atoms with Crippen molar-refractivity contribution < 1.29 is 14.3 Å². The van der Waals surface area contributed by atoms with Crippen molar-refractivity contribution in [2.75, 3.05) is 46.9 Å². The fraction of sp³-hybridized carbons (Fsp3) is 0.517. The molecule has 0 spiro atoms. The number of rotatable bonds is 10. The van der Waals surface area contributed by atoms with E-state index in [1.54, 1.807) is 7.11 Å². The van der Waals surface area contributed by atoms with Crippen LogP contribution in [-0.2, 0) is 22.7 Å². The first kappa shape index (κ1) is 26.2. The van der Waals surface area contributed by atoms with Gasteiger partial charge in [0.25, 0.3) is 0 Å². The van der Waals surface area contributed by atoms with E-state index >= 15 is 0 Å². The van der Waals surface area contributed by atoms with Crippen molar-refractivity contribution in [1.29, 1.82) is 0 Å². The number of amides is 2. The number of likely N-dealkylation sites (N-methyl/N-ethyl adjacent to an activating group) is 1. The summed E-state index contributed by atoms with van der Waals surface area (Å²) in [7, 11) is 3.81. The fourth-order valence-electron chi connectivity index (χ4n) is 5.18. The van der Waals surface area contributed by atoms with Crippen LogP contribution in [0.4, 0.5) is 0 Å². The second-order valence-corrected chi connectivity index (χ2v) is 10.1. The third-order valence-electron chi connectivity index (χ3n) is 7.47. The van der Waals surface area contributed by atoms with Crippen LogP contribution in [0.2, 0.25) is 0 Å². The number of carbonyl (C=O) groups is 2. The summed E-state index contributed by atoms with van der Waals surface area (Å²) in [6.07, 6.45) is 2.17. The zero-order chi connectivity index (χ0) is 25.5. The van der Waals surface area contributed by atoms with E-state index in [0.29, 0.717) is 13.1 Å². The van der Waals surface area contributed by atoms with Crippen LogP contribution in [0.15, 0.2) is 48.5 Å². The molecule has 0 radical (unpaired) electrons. The Bertz CT molecular complexity index is 1000. The van der Waals surface area contributed by atoms with E-state index in [9.17, 15) is 9.59 Å². The predicted octanol–water partition coefficient (Wildman–Crippen LogP) is 3.45. The van der Waals surface area contributed by atoms with Crippen LogP contribution in [0.5, 0.6) is 5.75 Å². The van der Waals surface area contributed by atoms with E-state index in [0.717, 1.165) is 62.4 Å². The van der Waals surface area contributed by atoms with Gasteiger partial charge < -0.3 is 19.9 Å². The second kappa shape index (κ2) is 12.4. The minimum atomic E-state index is -0.403. The lowest BCUT2D eigenvalue weighted by Gasteiger charge is -2.32. The number of methoxy groups -OCH3 is 1. The predicted molar refractivity (Wildman–Crippen MR) is 142 cm³/mol. The molecule has 2 aliphatic rings. The summed E-state index contributed by atoms with van der Waals surface area (Å²) < 4.78 is 5.30. The fourth-order valence-corrected chi connectivity index (χ4v) is 5.18. The Hall–Kier alpha value is -2.90. The van der Waals surface area contributed by atoms with Crippen LogP contribution >= 0.6 is 0 Å². The Labute approximate surface area is 215 Å². The van der Waals surface area contributed by atoms with Crippen molar-refractivity contribution in [3.63, 3.8) is 0 Å². The lowest BCUT2D eigenvalue weighted by Crippen LogP contribution is -2.43. The molecular weight excluding hydrogens is 452 g/mol. The molecule has 36 heavy (non-hydrogen) atoms. The molecule has 2 amide bonds. The maximum Gasteiger partial charge on any atom is 0.226 e. The maximum atomic E-state index is 13.3. The van der Waals surface area contributed by atoms with Crippen LogP contribution in [0.25, 0.3) is 0 Å². The Morgan fingerprint density at radius 3 is 2.31 bits per heavy atom. The van der Waals surface area contributed by atoms with Gasteiger partial charge in [0.1, 0.15) is 5.75 Å². The summed E-state index contributed by atoms with van der Waals surface area (Å²) in [4.78, 5) is 33.0. The lowest BCUT2D eigenvalue weighted by molar-refractivity contribution is -0.129. The van der Waals surface area contributed by atoms with Crippen molar-refractivity contribution in [1.82, 2.24) is 20.0 Å². The van der Waals surface area contributed by atoms with Crippen LogP contribution in [0, 0.1) is 5.92 Å². The van der Waals surface area contributed by atoms with Crippen molar-refractivity contribution in [2.45, 2.75) is 45.3 Å². The van der Waals surface area contributed by atoms with E-state index in [2.05, 4.69) is 53.4 Å². The average Bonchev–Trinajstić information content (AvgIpc) is 3.24. The molecule has 2 aliphatic heterocycles. The molecule has 7 heteroatoms. The molecule has 0 saturated carbocycles. The summed E-state index contributed by atoms with van der Waals surface area (Å²) in [5.74, 6) is 0.349. The molecule has 2 atom stereocenters. The molecule has 7 nitrogen and oxygen atoms in total. The summed E-state index contributed by atoms with van der Waals surface area (Å²) in [5, 5.41) is 3.11. The number of hydrogen-bond acceptors (Lipinski definition) is 5. The molecule has 0 aliphatic carbocycles. The monoisotopic (exact) mass is 492 g/mol. The van der Waals surface area contributed by atoms with Crippen molar-refractivity contribution in [2.24, 2.45) is 5.92 Å². The highest BCUT2D eigenvalue weighted by Crippen LogP contribution is 2.39. The molecule has 2 saturated heterocycles. The summed E-state index contributed by atoms with van der Waals surface area (Å²) in [5.41, 5.74) is 3.34. The lowest BCUT2D eigenvalue weighted by atomic mass is 9.92. The van der Waals surface area contributed by atoms with Gasteiger partial charge in [0.15, 0.2) is 0 Å². The normalized spacial score (nSPS) is 21.1. The zero-order valence-electron chi connectivity index (χ0n) is 21.9. The summed E-state index contributed by atoms with van der Waals surface area (Å²) in [6, 6.07) is 16.0. The van der Waals surface area contributed by atoms with Gasteiger partial charge >= 0.3 is 0 Å². The number of benzene rings is 2. The number of unbranched alkanes of at least 4 members (excludes halogenated alkanes) is 1. The smallest absolute Gasteiger partial charge is 0.226 e. The Morgan fingerprint density at radius 2 is 1.67 bits per heavy atom. The maximum absolute atomic E-state index is 13.3. The Morgan fingerprint density at radius 1 is 1.00 bits per heavy atom. The Kier molecular flexibility index (Phi) is 8.99. The van der Waals surface area contributed by atoms with Gasteiger partial charge in [-0.25, -0.2) is 0 Å². The molecule has 0 aromatic heterocycles. The number of hydrogen-bond donors (Lipinski definition) is 1. The molecule has 2 heterocycles. The SMILES string of the molecule is CCCCN1C(=O)CC(C(=O)NCc2ccc(CN3CCN(C)CC3)cc2)C1c1ccc(OC)cc1. The standard InChI is InChI=1S/C29H40N4O3/c1-4-5-14-33-27(34)19-26(28(33)24-10-12-25(36-3)13-11-24)29(35)30-20-22-6-8-23(9-7-22)21-32-17-15-31(2)16-18-32/h6-13,26,28H,4-5,14-21H2,1-3H3,(H,30,35). The number of carbonyl (C=O) groups excluding carboxylic acids is 2. The van der Waals surface area contributed by atoms with Gasteiger partial charge in [0, 0.05) is 52.2 Å². The van der Waals surface area contributed by atoms with Crippen LogP contribution in [0.3, 0.4) is 0 Å². The molecule has 1 N–H and O–H groups in total. The third kappa shape index (κ3) is 6.45. The second-order valence-electron chi connectivity index (χ2n) is 10.1. The quantitative estimate of drug-likeness (QED) is 0.550. The Balaban J connectivity index is 1.38. The number of likely N-dealkylation sites (tertiary alicyclic amines) is 1. The summed E-state index contributed by atoms with van der Waals surface area (Å²) >= 11 is 0. The largest absolute Gasteiger partial charge is 0.497 e.